The lowest BCUT2D eigenvalue weighted by molar-refractivity contribution is -0.123. The minimum Gasteiger partial charge on any atom is -0.497 e. The molecule has 6 heteroatoms. The van der Waals surface area contributed by atoms with Crippen LogP contribution in [0.15, 0.2) is 72.9 Å². The van der Waals surface area contributed by atoms with Gasteiger partial charge in [-0.25, -0.2) is 0 Å². The van der Waals surface area contributed by atoms with Crippen LogP contribution < -0.4 is 15.0 Å². The summed E-state index contributed by atoms with van der Waals surface area (Å²) in [6.07, 6.45) is 6.89. The summed E-state index contributed by atoms with van der Waals surface area (Å²) in [4.78, 5) is 33.5. The lowest BCUT2D eigenvalue weighted by atomic mass is 9.94. The number of ether oxygens (including phenoxy) is 1. The molecule has 1 saturated carbocycles. The molecule has 2 aromatic carbocycles. The Kier molecular flexibility index (Phi) is 7.58. The van der Waals surface area contributed by atoms with E-state index in [2.05, 4.69) is 10.3 Å². The van der Waals surface area contributed by atoms with Crippen LogP contribution in [0.4, 0.5) is 5.69 Å². The zero-order valence-electron chi connectivity index (χ0n) is 19.7. The highest BCUT2D eigenvalue weighted by atomic mass is 16.5. The smallest absolute Gasteiger partial charge is 0.277 e. The van der Waals surface area contributed by atoms with E-state index in [1.807, 2.05) is 55.5 Å². The second kappa shape index (κ2) is 11.0. The van der Waals surface area contributed by atoms with Crippen LogP contribution in [0.25, 0.3) is 0 Å². The van der Waals surface area contributed by atoms with Gasteiger partial charge < -0.3 is 10.1 Å². The van der Waals surface area contributed by atoms with Crippen LogP contribution in [-0.2, 0) is 4.79 Å². The Labute approximate surface area is 201 Å². The summed E-state index contributed by atoms with van der Waals surface area (Å²) < 4.78 is 5.43. The maximum atomic E-state index is 13.9. The molecule has 1 atom stereocenters. The molecule has 1 aromatic heterocycles. The first-order chi connectivity index (χ1) is 16.6. The van der Waals surface area contributed by atoms with Gasteiger partial charge in [-0.05, 0) is 61.7 Å². The maximum absolute atomic E-state index is 13.9. The predicted octanol–water partition coefficient (Wildman–Crippen LogP) is 5.24. The molecule has 1 N–H and O–H groups in total. The van der Waals surface area contributed by atoms with E-state index in [1.165, 1.54) is 6.42 Å². The minimum atomic E-state index is -0.880. The highest BCUT2D eigenvalue weighted by Crippen LogP contribution is 2.32. The highest BCUT2D eigenvalue weighted by molar-refractivity contribution is 6.09. The fraction of sp³-hybridized carbons (Fsp3) is 0.321. The fourth-order valence-corrected chi connectivity index (χ4v) is 4.46. The number of nitrogens with one attached hydrogen (secondary N) is 1. The molecule has 1 heterocycles. The maximum Gasteiger partial charge on any atom is 0.277 e. The Morgan fingerprint density at radius 2 is 1.76 bits per heavy atom. The summed E-state index contributed by atoms with van der Waals surface area (Å²) in [6.45, 7) is 1.99. The third kappa shape index (κ3) is 5.45. The number of rotatable bonds is 7. The summed E-state index contributed by atoms with van der Waals surface area (Å²) in [7, 11) is 1.59. The van der Waals surface area contributed by atoms with Crippen molar-refractivity contribution in [1.82, 2.24) is 10.3 Å². The molecule has 0 bridgehead atoms. The van der Waals surface area contributed by atoms with Gasteiger partial charge in [0, 0.05) is 17.9 Å². The Balaban J connectivity index is 1.81. The summed E-state index contributed by atoms with van der Waals surface area (Å²) in [5.74, 6) is 0.0863. The highest BCUT2D eigenvalue weighted by Gasteiger charge is 2.35. The molecule has 1 aliphatic carbocycles. The molecule has 4 rings (SSSR count). The lowest BCUT2D eigenvalue weighted by Gasteiger charge is -2.33. The molecule has 0 saturated heterocycles. The molecule has 2 amide bonds. The Morgan fingerprint density at radius 1 is 1.00 bits per heavy atom. The van der Waals surface area contributed by atoms with Gasteiger partial charge in [-0.1, -0.05) is 55.2 Å². The molecule has 6 nitrogen and oxygen atoms in total. The first-order valence-corrected chi connectivity index (χ1v) is 11.8. The first-order valence-electron chi connectivity index (χ1n) is 11.8. The Bertz CT molecular complexity index is 1110. The van der Waals surface area contributed by atoms with E-state index in [1.54, 1.807) is 36.4 Å². The fourth-order valence-electron chi connectivity index (χ4n) is 4.46. The van der Waals surface area contributed by atoms with Crippen LogP contribution in [0.1, 0.15) is 59.8 Å². The van der Waals surface area contributed by atoms with Crippen molar-refractivity contribution in [2.45, 2.75) is 51.1 Å². The molecule has 1 aliphatic rings. The SMILES string of the molecule is COc1cccc([C@H](C(=O)NC2CCCCC2)N(C(=O)c2ccccn2)c2ccc(C)cc2)c1. The van der Waals surface area contributed by atoms with Crippen LogP contribution in [0, 0.1) is 6.92 Å². The number of amides is 2. The van der Waals surface area contributed by atoms with Gasteiger partial charge in [0.05, 0.1) is 7.11 Å². The number of nitrogens with zero attached hydrogens (tertiary/aromatic N) is 2. The topological polar surface area (TPSA) is 71.5 Å². The number of anilines is 1. The van der Waals surface area contributed by atoms with Gasteiger partial charge in [0.25, 0.3) is 5.91 Å². The van der Waals surface area contributed by atoms with Gasteiger partial charge in [0.15, 0.2) is 0 Å². The molecule has 1 fully saturated rings. The largest absolute Gasteiger partial charge is 0.497 e. The van der Waals surface area contributed by atoms with Gasteiger partial charge >= 0.3 is 0 Å². The third-order valence-corrected chi connectivity index (χ3v) is 6.28. The van der Waals surface area contributed by atoms with Gasteiger partial charge in [0.2, 0.25) is 5.91 Å². The molecule has 0 aliphatic heterocycles. The predicted molar refractivity (Wildman–Crippen MR) is 133 cm³/mol. The number of aryl methyl sites for hydroxylation is 1. The molecular weight excluding hydrogens is 426 g/mol. The van der Waals surface area contributed by atoms with Crippen LogP contribution in [0.2, 0.25) is 0 Å². The molecule has 0 unspecified atom stereocenters. The van der Waals surface area contributed by atoms with Gasteiger partial charge in [-0.2, -0.15) is 0 Å². The minimum absolute atomic E-state index is 0.110. The monoisotopic (exact) mass is 457 g/mol. The summed E-state index contributed by atoms with van der Waals surface area (Å²) in [5.41, 5.74) is 2.66. The van der Waals surface area contributed by atoms with Crippen molar-refractivity contribution in [2.24, 2.45) is 0 Å². The number of methoxy groups -OCH3 is 1. The second-order valence-corrected chi connectivity index (χ2v) is 8.75. The summed E-state index contributed by atoms with van der Waals surface area (Å²) >= 11 is 0. The Morgan fingerprint density at radius 3 is 2.44 bits per heavy atom. The molecule has 0 radical (unpaired) electrons. The van der Waals surface area contributed by atoms with Crippen LogP contribution in [0.3, 0.4) is 0 Å². The van der Waals surface area contributed by atoms with Crippen molar-refractivity contribution < 1.29 is 14.3 Å². The van der Waals surface area contributed by atoms with Crippen molar-refractivity contribution in [3.8, 4) is 5.75 Å². The van der Waals surface area contributed by atoms with E-state index in [9.17, 15) is 9.59 Å². The van der Waals surface area contributed by atoms with Gasteiger partial charge in [-0.15, -0.1) is 0 Å². The van der Waals surface area contributed by atoms with Gasteiger partial charge in [0.1, 0.15) is 17.5 Å². The van der Waals surface area contributed by atoms with E-state index in [0.29, 0.717) is 17.0 Å². The average Bonchev–Trinajstić information content (AvgIpc) is 2.88. The lowest BCUT2D eigenvalue weighted by Crippen LogP contribution is -2.47. The standard InChI is InChI=1S/C28H31N3O3/c1-20-14-16-23(17-15-20)31(28(33)25-13-6-7-18-29-25)26(21-9-8-12-24(19-21)34-2)27(32)30-22-10-4-3-5-11-22/h6-9,12-19,22,26H,3-5,10-11H2,1-2H3,(H,30,32)/t26-/m1/s1. The number of carbonyl (C=O) groups is 2. The van der Waals surface area contributed by atoms with E-state index >= 15 is 0 Å². The van der Waals surface area contributed by atoms with Crippen molar-refractivity contribution in [2.75, 3.05) is 12.0 Å². The number of hydrogen-bond donors (Lipinski definition) is 1. The zero-order valence-corrected chi connectivity index (χ0v) is 19.7. The number of hydrogen-bond acceptors (Lipinski definition) is 4. The molecular formula is C28H31N3O3. The number of benzene rings is 2. The van der Waals surface area contributed by atoms with Crippen molar-refractivity contribution in [1.29, 1.82) is 0 Å². The molecule has 0 spiro atoms. The quantitative estimate of drug-likeness (QED) is 0.527. The normalized spacial score (nSPS) is 14.8. The van der Waals surface area contributed by atoms with E-state index < -0.39 is 6.04 Å². The first kappa shape index (κ1) is 23.5. The van der Waals surface area contributed by atoms with Crippen LogP contribution >= 0.6 is 0 Å². The number of carbonyl (C=O) groups excluding carboxylic acids is 2. The van der Waals surface area contributed by atoms with E-state index in [0.717, 1.165) is 31.2 Å². The molecule has 176 valence electrons. The van der Waals surface area contributed by atoms with E-state index in [-0.39, 0.29) is 23.6 Å². The third-order valence-electron chi connectivity index (χ3n) is 6.28. The number of aromatic nitrogens is 1. The summed E-state index contributed by atoms with van der Waals surface area (Å²) in [6, 6.07) is 19.4. The van der Waals surface area contributed by atoms with Crippen molar-refractivity contribution in [3.05, 3.63) is 89.7 Å². The van der Waals surface area contributed by atoms with Crippen molar-refractivity contribution in [3.63, 3.8) is 0 Å². The van der Waals surface area contributed by atoms with Crippen LogP contribution in [-0.4, -0.2) is 29.9 Å². The average molecular weight is 458 g/mol. The summed E-state index contributed by atoms with van der Waals surface area (Å²) in [5, 5.41) is 3.23. The van der Waals surface area contributed by atoms with E-state index in [4.69, 9.17) is 4.74 Å². The zero-order chi connectivity index (χ0) is 23.9. The second-order valence-electron chi connectivity index (χ2n) is 8.75. The van der Waals surface area contributed by atoms with Crippen LogP contribution in [0.5, 0.6) is 5.75 Å². The van der Waals surface area contributed by atoms with Gasteiger partial charge in [-0.3, -0.25) is 19.5 Å². The molecule has 3 aromatic rings. The van der Waals surface area contributed by atoms with Crippen molar-refractivity contribution >= 4 is 17.5 Å². The Hall–Kier alpha value is -3.67. The molecule has 34 heavy (non-hydrogen) atoms. The number of pyridine rings is 1.